The van der Waals surface area contributed by atoms with Crippen LogP contribution in [0, 0.1) is 10.1 Å². The Hall–Kier alpha value is -3.74. The molecule has 0 saturated carbocycles. The molecule has 0 fully saturated rings. The number of carbonyl (C=O) groups is 2. The average Bonchev–Trinajstić information content (AvgIpc) is 3.28. The highest BCUT2D eigenvalue weighted by Gasteiger charge is 2.16. The summed E-state index contributed by atoms with van der Waals surface area (Å²) in [5.74, 6) is -2.06. The van der Waals surface area contributed by atoms with E-state index in [0.717, 1.165) is 11.8 Å². The standard InChI is InChI=1S/C15H12N6O6S/c22-12(23)6-20-5-10(4-16-20)8-1-9(3-11(2-8)21(26)27)14-17-15(19-18-14)28-7-13(24)25/h1-5H,6-7H2,(H,22,23)(H,24,25)(H,17,18,19). The molecule has 0 spiro atoms. The molecule has 2 aromatic heterocycles. The topological polar surface area (TPSA) is 177 Å². The van der Waals surface area contributed by atoms with Crippen LogP contribution in [0.15, 0.2) is 35.7 Å². The van der Waals surface area contributed by atoms with Crippen molar-refractivity contribution in [1.29, 1.82) is 0 Å². The Morgan fingerprint density at radius 3 is 2.57 bits per heavy atom. The first-order valence-electron chi connectivity index (χ1n) is 7.63. The lowest BCUT2D eigenvalue weighted by molar-refractivity contribution is -0.384. The lowest BCUT2D eigenvalue weighted by atomic mass is 10.0. The summed E-state index contributed by atoms with van der Waals surface area (Å²) >= 11 is 0.933. The first-order chi connectivity index (χ1) is 13.3. The van der Waals surface area contributed by atoms with Crippen LogP contribution in [0.1, 0.15) is 0 Å². The number of hydrogen-bond acceptors (Lipinski definition) is 8. The number of benzene rings is 1. The van der Waals surface area contributed by atoms with E-state index in [-0.39, 0.29) is 29.0 Å². The molecule has 13 heteroatoms. The summed E-state index contributed by atoms with van der Waals surface area (Å²) in [6.45, 7) is -0.339. The van der Waals surface area contributed by atoms with Gasteiger partial charge in [-0.25, -0.2) is 0 Å². The van der Waals surface area contributed by atoms with Crippen LogP contribution in [0.5, 0.6) is 0 Å². The Labute approximate surface area is 160 Å². The maximum atomic E-state index is 11.3. The summed E-state index contributed by atoms with van der Waals surface area (Å²) in [4.78, 5) is 35.0. The molecule has 28 heavy (non-hydrogen) atoms. The SMILES string of the molecule is O=C(O)CSc1nnc(-c2cc(-c3cnn(CC(=O)O)c3)cc([N+](=O)[O-])c2)[nH]1. The Kier molecular flexibility index (Phi) is 5.35. The average molecular weight is 404 g/mol. The number of thioether (sulfide) groups is 1. The van der Waals surface area contributed by atoms with Crippen molar-refractivity contribution in [2.24, 2.45) is 0 Å². The predicted molar refractivity (Wildman–Crippen MR) is 95.7 cm³/mol. The smallest absolute Gasteiger partial charge is 0.325 e. The molecule has 0 amide bonds. The molecule has 12 nitrogen and oxygen atoms in total. The van der Waals surface area contributed by atoms with Gasteiger partial charge in [-0.15, -0.1) is 10.2 Å². The second-order valence-corrected chi connectivity index (χ2v) is 6.47. The number of H-pyrrole nitrogens is 1. The third-order valence-electron chi connectivity index (χ3n) is 3.46. The number of rotatable bonds is 8. The molecule has 144 valence electrons. The molecule has 0 unspecified atom stereocenters. The first-order valence-corrected chi connectivity index (χ1v) is 8.62. The maximum Gasteiger partial charge on any atom is 0.325 e. The minimum Gasteiger partial charge on any atom is -0.481 e. The molecule has 0 atom stereocenters. The Morgan fingerprint density at radius 2 is 1.89 bits per heavy atom. The number of aromatic nitrogens is 5. The zero-order chi connectivity index (χ0) is 20.3. The highest BCUT2D eigenvalue weighted by molar-refractivity contribution is 7.99. The van der Waals surface area contributed by atoms with Crippen molar-refractivity contribution < 1.29 is 24.7 Å². The first kappa shape index (κ1) is 19.0. The zero-order valence-corrected chi connectivity index (χ0v) is 14.8. The third-order valence-corrected chi connectivity index (χ3v) is 4.31. The Balaban J connectivity index is 1.96. The van der Waals surface area contributed by atoms with E-state index in [1.807, 2.05) is 0 Å². The molecule has 1 aromatic carbocycles. The van der Waals surface area contributed by atoms with Gasteiger partial charge in [-0.05, 0) is 11.6 Å². The van der Waals surface area contributed by atoms with Crippen LogP contribution in [0.4, 0.5) is 5.69 Å². The van der Waals surface area contributed by atoms with Crippen LogP contribution < -0.4 is 0 Å². The van der Waals surface area contributed by atoms with Gasteiger partial charge in [0.2, 0.25) is 0 Å². The zero-order valence-electron chi connectivity index (χ0n) is 14.0. The maximum absolute atomic E-state index is 11.3. The molecular weight excluding hydrogens is 392 g/mol. The van der Waals surface area contributed by atoms with E-state index in [0.29, 0.717) is 16.7 Å². The minimum atomic E-state index is -1.07. The normalized spacial score (nSPS) is 10.7. The van der Waals surface area contributed by atoms with E-state index in [4.69, 9.17) is 10.2 Å². The van der Waals surface area contributed by atoms with Crippen molar-refractivity contribution in [2.45, 2.75) is 11.7 Å². The molecule has 2 heterocycles. The number of aromatic amines is 1. The highest BCUT2D eigenvalue weighted by atomic mass is 32.2. The summed E-state index contributed by atoms with van der Waals surface area (Å²) in [6, 6.07) is 4.25. The molecule has 0 aliphatic rings. The summed E-state index contributed by atoms with van der Waals surface area (Å²) < 4.78 is 1.20. The fourth-order valence-electron chi connectivity index (χ4n) is 2.33. The number of nitrogens with zero attached hydrogens (tertiary/aromatic N) is 5. The van der Waals surface area contributed by atoms with E-state index in [9.17, 15) is 19.7 Å². The highest BCUT2D eigenvalue weighted by Crippen LogP contribution is 2.30. The van der Waals surface area contributed by atoms with Crippen LogP contribution in [-0.2, 0) is 16.1 Å². The Morgan fingerprint density at radius 1 is 1.14 bits per heavy atom. The van der Waals surface area contributed by atoms with Crippen LogP contribution in [-0.4, -0.2) is 57.8 Å². The fourth-order valence-corrected chi connectivity index (χ4v) is 2.86. The van der Waals surface area contributed by atoms with Gasteiger partial charge in [0.25, 0.3) is 5.69 Å². The van der Waals surface area contributed by atoms with E-state index in [2.05, 4.69) is 20.3 Å². The molecule has 3 aromatic rings. The number of nitro benzene ring substituents is 1. The van der Waals surface area contributed by atoms with Crippen LogP contribution in [0.3, 0.4) is 0 Å². The molecule has 0 saturated heterocycles. The van der Waals surface area contributed by atoms with Gasteiger partial charge >= 0.3 is 11.9 Å². The summed E-state index contributed by atoms with van der Waals surface area (Å²) in [6.07, 6.45) is 2.87. The number of aliphatic carboxylic acids is 2. The molecule has 0 aliphatic carbocycles. The van der Waals surface area contributed by atoms with Gasteiger partial charge in [-0.1, -0.05) is 11.8 Å². The largest absolute Gasteiger partial charge is 0.481 e. The van der Waals surface area contributed by atoms with Gasteiger partial charge < -0.3 is 15.2 Å². The van der Waals surface area contributed by atoms with Crippen molar-refractivity contribution in [3.8, 4) is 22.5 Å². The van der Waals surface area contributed by atoms with Crippen molar-refractivity contribution in [3.05, 3.63) is 40.7 Å². The van der Waals surface area contributed by atoms with Gasteiger partial charge in [-0.3, -0.25) is 24.4 Å². The van der Waals surface area contributed by atoms with Gasteiger partial charge in [0.15, 0.2) is 11.0 Å². The lowest BCUT2D eigenvalue weighted by Crippen LogP contribution is -2.08. The molecule has 3 rings (SSSR count). The van der Waals surface area contributed by atoms with Crippen LogP contribution >= 0.6 is 11.8 Å². The van der Waals surface area contributed by atoms with Gasteiger partial charge in [0, 0.05) is 29.5 Å². The van der Waals surface area contributed by atoms with Crippen molar-refractivity contribution in [3.63, 3.8) is 0 Å². The van der Waals surface area contributed by atoms with Crippen LogP contribution in [0.2, 0.25) is 0 Å². The quantitative estimate of drug-likeness (QED) is 0.283. The van der Waals surface area contributed by atoms with Gasteiger partial charge in [0.05, 0.1) is 16.9 Å². The Bertz CT molecular complexity index is 1060. The van der Waals surface area contributed by atoms with Gasteiger partial charge in [0.1, 0.15) is 6.54 Å². The minimum absolute atomic E-state index is 0.199. The molecular formula is C15H12N6O6S. The van der Waals surface area contributed by atoms with E-state index in [1.165, 1.54) is 29.2 Å². The molecule has 3 N–H and O–H groups in total. The number of carboxylic acids is 2. The number of carboxylic acid groups (broad SMARTS) is 2. The second kappa shape index (κ2) is 7.87. The lowest BCUT2D eigenvalue weighted by Gasteiger charge is -2.02. The predicted octanol–water partition coefficient (Wildman–Crippen LogP) is 1.50. The van der Waals surface area contributed by atoms with Crippen molar-refractivity contribution >= 4 is 29.4 Å². The van der Waals surface area contributed by atoms with Crippen LogP contribution in [0.25, 0.3) is 22.5 Å². The number of nitrogens with one attached hydrogen (secondary N) is 1. The van der Waals surface area contributed by atoms with Crippen molar-refractivity contribution in [1.82, 2.24) is 25.0 Å². The number of non-ortho nitro benzene ring substituents is 1. The molecule has 0 radical (unpaired) electrons. The van der Waals surface area contributed by atoms with E-state index < -0.39 is 16.9 Å². The summed E-state index contributed by atoms with van der Waals surface area (Å²) in [7, 11) is 0. The number of nitro groups is 1. The number of hydrogen-bond donors (Lipinski definition) is 3. The van der Waals surface area contributed by atoms with E-state index >= 15 is 0 Å². The van der Waals surface area contributed by atoms with Crippen molar-refractivity contribution in [2.75, 3.05) is 5.75 Å². The van der Waals surface area contributed by atoms with E-state index in [1.54, 1.807) is 6.07 Å². The second-order valence-electron chi connectivity index (χ2n) is 5.51. The summed E-state index contributed by atoms with van der Waals surface area (Å²) in [5.41, 5.74) is 1.10. The fraction of sp³-hybridized carbons (Fsp3) is 0.133. The monoisotopic (exact) mass is 404 g/mol. The molecule has 0 bridgehead atoms. The van der Waals surface area contributed by atoms with Gasteiger partial charge in [-0.2, -0.15) is 5.10 Å². The molecule has 0 aliphatic heterocycles. The third kappa shape index (κ3) is 4.50. The summed E-state index contributed by atoms with van der Waals surface area (Å²) in [5, 5.41) is 40.7.